The van der Waals surface area contributed by atoms with Gasteiger partial charge in [-0.2, -0.15) is 0 Å². The molecule has 436 valence electrons. The molecule has 0 aliphatic heterocycles. The number of carbonyl (C=O) groups excluding carboxylic acids is 1. The Labute approximate surface area is 468 Å². The summed E-state index contributed by atoms with van der Waals surface area (Å²) < 4.78 is 0. The molecule has 0 spiro atoms. The van der Waals surface area contributed by atoms with Gasteiger partial charge in [0.25, 0.3) is 0 Å². The summed E-state index contributed by atoms with van der Waals surface area (Å²) in [5, 5.41) is 0. The van der Waals surface area contributed by atoms with Gasteiger partial charge in [-0.15, -0.1) is 0 Å². The average molecular weight is 1030 g/mol. The van der Waals surface area contributed by atoms with Gasteiger partial charge in [-0.05, 0) is 89.9 Å². The van der Waals surface area contributed by atoms with Gasteiger partial charge < -0.3 is 0 Å². The number of hydrogen-bond acceptors (Lipinski definition) is 1. The van der Waals surface area contributed by atoms with E-state index in [2.05, 4.69) is 76.3 Å². The van der Waals surface area contributed by atoms with Crippen molar-refractivity contribution >= 4 is 5.78 Å². The van der Waals surface area contributed by atoms with Gasteiger partial charge in [0.15, 0.2) is 0 Å². The topological polar surface area (TPSA) is 17.1 Å². The van der Waals surface area contributed by atoms with Gasteiger partial charge in [0.1, 0.15) is 5.78 Å². The minimum Gasteiger partial charge on any atom is -0.299 e. The van der Waals surface area contributed by atoms with Crippen molar-refractivity contribution in [1.82, 2.24) is 0 Å². The van der Waals surface area contributed by atoms with Crippen LogP contribution in [0.4, 0.5) is 0 Å². The van der Waals surface area contributed by atoms with Gasteiger partial charge in [-0.3, -0.25) is 4.79 Å². The highest BCUT2D eigenvalue weighted by molar-refractivity contribution is 5.83. The number of allylic oxidation sites excluding steroid dienone is 8. The first-order chi connectivity index (χ1) is 36.7. The van der Waals surface area contributed by atoms with Gasteiger partial charge >= 0.3 is 0 Å². The highest BCUT2D eigenvalue weighted by Crippen LogP contribution is 2.29. The van der Waals surface area contributed by atoms with Crippen LogP contribution in [-0.2, 0) is 4.79 Å². The monoisotopic (exact) mass is 1030 g/mol. The Morgan fingerprint density at radius 3 is 0.595 bits per heavy atom. The van der Waals surface area contributed by atoms with Crippen molar-refractivity contribution in [3.05, 3.63) is 48.6 Å². The van der Waals surface area contributed by atoms with E-state index in [0.717, 1.165) is 38.5 Å². The molecule has 2 atom stereocenters. The molecule has 1 heteroatoms. The largest absolute Gasteiger partial charge is 0.299 e. The summed E-state index contributed by atoms with van der Waals surface area (Å²) in [4.78, 5) is 14.8. The summed E-state index contributed by atoms with van der Waals surface area (Å²) in [7, 11) is 0. The molecule has 0 rings (SSSR count). The summed E-state index contributed by atoms with van der Waals surface area (Å²) >= 11 is 0. The van der Waals surface area contributed by atoms with E-state index in [0.29, 0.717) is 17.6 Å². The first-order valence-electron chi connectivity index (χ1n) is 34.8. The van der Waals surface area contributed by atoms with Crippen LogP contribution in [0.15, 0.2) is 48.6 Å². The number of ketones is 1. The van der Waals surface area contributed by atoms with E-state index < -0.39 is 0 Å². The summed E-state index contributed by atoms with van der Waals surface area (Å²) in [6.45, 7) is 9.20. The molecule has 0 aliphatic rings. The van der Waals surface area contributed by atoms with Crippen LogP contribution >= 0.6 is 0 Å². The Hall–Kier alpha value is -1.37. The second-order valence-electron chi connectivity index (χ2n) is 24.0. The van der Waals surface area contributed by atoms with E-state index in [1.54, 1.807) is 0 Å². The zero-order valence-corrected chi connectivity index (χ0v) is 51.7. The van der Waals surface area contributed by atoms with Crippen LogP contribution in [0.3, 0.4) is 0 Å². The number of Topliss-reactive ketones (excluding diaryl/α,β-unsaturated/α-hetero) is 1. The lowest BCUT2D eigenvalue weighted by molar-refractivity contribution is -0.128. The van der Waals surface area contributed by atoms with Crippen LogP contribution in [-0.4, -0.2) is 5.78 Å². The van der Waals surface area contributed by atoms with Gasteiger partial charge in [-0.1, -0.05) is 359 Å². The van der Waals surface area contributed by atoms with Gasteiger partial charge in [0, 0.05) is 11.8 Å². The quantitative estimate of drug-likeness (QED) is 0.0438. The van der Waals surface area contributed by atoms with Crippen molar-refractivity contribution in [3.63, 3.8) is 0 Å². The molecule has 0 heterocycles. The number of unbranched alkanes of at least 4 members (excludes halogenated alkanes) is 46. The van der Waals surface area contributed by atoms with Gasteiger partial charge in [0.05, 0.1) is 0 Å². The van der Waals surface area contributed by atoms with Crippen LogP contribution in [0.2, 0.25) is 0 Å². The molecule has 0 aromatic heterocycles. The normalized spacial score (nSPS) is 13.0. The third kappa shape index (κ3) is 58.3. The Balaban J connectivity index is 5.10. The summed E-state index contributed by atoms with van der Waals surface area (Å²) in [5.74, 6) is 1.33. The smallest absolute Gasteiger partial charge is 0.139 e. The second kappa shape index (κ2) is 65.9. The highest BCUT2D eigenvalue weighted by atomic mass is 16.1. The molecule has 0 aliphatic carbocycles. The molecule has 0 bridgehead atoms. The minimum absolute atomic E-state index is 0.314. The van der Waals surface area contributed by atoms with Crippen molar-refractivity contribution in [2.24, 2.45) is 11.8 Å². The third-order valence-electron chi connectivity index (χ3n) is 16.6. The fourth-order valence-corrected chi connectivity index (χ4v) is 11.5. The van der Waals surface area contributed by atoms with Crippen molar-refractivity contribution in [3.8, 4) is 0 Å². The molecule has 0 saturated heterocycles. The number of hydrogen-bond donors (Lipinski definition) is 0. The van der Waals surface area contributed by atoms with Crippen LogP contribution < -0.4 is 0 Å². The van der Waals surface area contributed by atoms with Crippen LogP contribution in [0.1, 0.15) is 400 Å². The van der Waals surface area contributed by atoms with Crippen LogP contribution in [0, 0.1) is 11.8 Å². The Bertz CT molecular complexity index is 1070. The maximum atomic E-state index is 14.8. The molecular formula is C73H138O. The molecule has 0 fully saturated rings. The molecule has 1 nitrogen and oxygen atoms in total. The van der Waals surface area contributed by atoms with E-state index in [-0.39, 0.29) is 0 Å². The van der Waals surface area contributed by atoms with Crippen molar-refractivity contribution in [2.45, 2.75) is 400 Å². The van der Waals surface area contributed by atoms with Crippen molar-refractivity contribution < 1.29 is 4.79 Å². The first kappa shape index (κ1) is 72.6. The van der Waals surface area contributed by atoms with E-state index >= 15 is 0 Å². The highest BCUT2D eigenvalue weighted by Gasteiger charge is 2.26. The summed E-state index contributed by atoms with van der Waals surface area (Å²) in [5.41, 5.74) is 0. The average Bonchev–Trinajstić information content (AvgIpc) is 3.41. The molecule has 74 heavy (non-hydrogen) atoms. The molecule has 0 aromatic carbocycles. The zero-order chi connectivity index (χ0) is 53.4. The van der Waals surface area contributed by atoms with E-state index in [1.807, 2.05) is 0 Å². The van der Waals surface area contributed by atoms with Crippen molar-refractivity contribution in [2.75, 3.05) is 0 Å². The minimum atomic E-state index is 0.314. The van der Waals surface area contributed by atoms with Crippen LogP contribution in [0.5, 0.6) is 0 Å². The molecule has 0 amide bonds. The predicted molar refractivity (Wildman–Crippen MR) is 339 cm³/mol. The molecule has 0 N–H and O–H groups in total. The first-order valence-corrected chi connectivity index (χ1v) is 34.8. The van der Waals surface area contributed by atoms with Crippen LogP contribution in [0.25, 0.3) is 0 Å². The molecule has 0 aromatic rings. The molecule has 2 unspecified atom stereocenters. The van der Waals surface area contributed by atoms with E-state index in [9.17, 15) is 4.79 Å². The lowest BCUT2D eigenvalue weighted by Crippen LogP contribution is -2.24. The number of rotatable bonds is 64. The lowest BCUT2D eigenvalue weighted by Gasteiger charge is -2.23. The molecule has 0 saturated carbocycles. The van der Waals surface area contributed by atoms with Gasteiger partial charge in [-0.25, -0.2) is 0 Å². The van der Waals surface area contributed by atoms with E-state index in [4.69, 9.17) is 0 Å². The standard InChI is InChI=1S/C73H138O/c1-5-9-13-17-21-25-29-33-37-41-45-49-53-57-61-65-69-71(67-63-59-55-51-47-43-39-35-31-27-23-19-15-11-7-3)73(74)72(68-64-60-56-52-48-44-40-36-32-28-24-20-16-12-8-4)70-66-62-58-54-50-46-42-38-34-30-26-22-18-14-10-6-2/h21-22,25-26,33-34,37-38,71-72H,5-20,23-24,27-32,35-36,39-70H2,1-4H3. The summed E-state index contributed by atoms with van der Waals surface area (Å²) in [6.07, 6.45) is 97.0. The Morgan fingerprint density at radius 2 is 0.378 bits per heavy atom. The van der Waals surface area contributed by atoms with Crippen molar-refractivity contribution in [1.29, 1.82) is 0 Å². The Morgan fingerprint density at radius 1 is 0.216 bits per heavy atom. The second-order valence-corrected chi connectivity index (χ2v) is 24.0. The van der Waals surface area contributed by atoms with E-state index in [1.165, 1.54) is 334 Å². The Kier molecular flexibility index (Phi) is 64.7. The molecular weight excluding hydrogens is 893 g/mol. The predicted octanol–water partition coefficient (Wildman–Crippen LogP) is 26.7. The SMILES string of the molecule is CCCCCC=CCC=CCCCCCCCCC(CCCCCCCCCCCCCCCCC)C(=O)C(CCCCCCCCC=CCC=CCCCCC)CCCCCCCCCCCCCCCCC. The maximum absolute atomic E-state index is 14.8. The maximum Gasteiger partial charge on any atom is 0.139 e. The number of carbonyl (C=O) groups is 1. The fourth-order valence-electron chi connectivity index (χ4n) is 11.5. The third-order valence-corrected chi connectivity index (χ3v) is 16.6. The fraction of sp³-hybridized carbons (Fsp3) is 0.877. The lowest BCUT2D eigenvalue weighted by atomic mass is 9.80. The summed E-state index contributed by atoms with van der Waals surface area (Å²) in [6, 6.07) is 0. The zero-order valence-electron chi connectivity index (χ0n) is 51.7. The van der Waals surface area contributed by atoms with Gasteiger partial charge in [0.2, 0.25) is 0 Å². The molecule has 0 radical (unpaired) electrons.